The Balaban J connectivity index is 2.13. The molecular formula is C15H15ClF4N4O2S. The fourth-order valence-electron chi connectivity index (χ4n) is 2.25. The first-order chi connectivity index (χ1) is 12.6. The van der Waals surface area contributed by atoms with Gasteiger partial charge >= 0.3 is 6.18 Å². The molecule has 0 saturated carbocycles. The number of hydrogen-bond donors (Lipinski definition) is 0. The van der Waals surface area contributed by atoms with Crippen LogP contribution in [0.1, 0.15) is 13.3 Å². The van der Waals surface area contributed by atoms with Gasteiger partial charge in [0.1, 0.15) is 11.4 Å². The smallest absolute Gasteiger partial charge is 0.397 e. The van der Waals surface area contributed by atoms with E-state index in [-0.39, 0.29) is 40.0 Å². The summed E-state index contributed by atoms with van der Waals surface area (Å²) >= 11 is 6.67. The van der Waals surface area contributed by atoms with Crippen molar-refractivity contribution < 1.29 is 27.1 Å². The van der Waals surface area contributed by atoms with E-state index >= 15 is 0 Å². The van der Waals surface area contributed by atoms with E-state index in [4.69, 9.17) is 11.6 Å². The molecular weight excluding hydrogens is 412 g/mol. The Hall–Kier alpha value is -2.01. The van der Waals surface area contributed by atoms with Crippen molar-refractivity contribution in [2.45, 2.75) is 19.5 Å². The van der Waals surface area contributed by atoms with E-state index in [0.717, 1.165) is 23.1 Å². The van der Waals surface area contributed by atoms with E-state index in [0.29, 0.717) is 11.8 Å². The lowest BCUT2D eigenvalue weighted by atomic mass is 10.3. The molecule has 0 aliphatic carbocycles. The van der Waals surface area contributed by atoms with E-state index in [2.05, 4.69) is 5.10 Å². The molecule has 0 atom stereocenters. The third-order valence-electron chi connectivity index (χ3n) is 3.35. The topological polar surface area (TPSA) is 65.1 Å². The molecule has 6 nitrogen and oxygen atoms in total. The highest BCUT2D eigenvalue weighted by Crippen LogP contribution is 2.27. The third kappa shape index (κ3) is 5.99. The normalized spacial score (nSPS) is 11.6. The van der Waals surface area contributed by atoms with Crippen molar-refractivity contribution in [1.82, 2.24) is 9.78 Å². The van der Waals surface area contributed by atoms with Gasteiger partial charge in [-0.15, -0.1) is 0 Å². The summed E-state index contributed by atoms with van der Waals surface area (Å²) in [4.78, 5) is 13.6. The highest BCUT2D eigenvalue weighted by Gasteiger charge is 2.27. The van der Waals surface area contributed by atoms with Crippen LogP contribution >= 0.6 is 23.4 Å². The summed E-state index contributed by atoms with van der Waals surface area (Å²) < 4.78 is 51.2. The zero-order chi connectivity index (χ0) is 20.2. The standard InChI is InChI=1S/C15H15ClF4N4O2S/c1-2-23(13(25)3-4-27-9-15(18,19)20)12-8-24(21-14(12)16)11-5-10(17)6-22(26)7-11/h5-8H,2-4,9H2,1H3. The molecule has 1 amide bonds. The van der Waals surface area contributed by atoms with Gasteiger partial charge in [-0.2, -0.15) is 34.8 Å². The zero-order valence-corrected chi connectivity index (χ0v) is 15.6. The van der Waals surface area contributed by atoms with E-state index < -0.39 is 23.7 Å². The van der Waals surface area contributed by atoms with Crippen molar-refractivity contribution in [3.63, 3.8) is 0 Å². The second-order valence-electron chi connectivity index (χ2n) is 5.38. The lowest BCUT2D eigenvalue weighted by molar-refractivity contribution is -0.606. The van der Waals surface area contributed by atoms with Crippen molar-refractivity contribution in [2.24, 2.45) is 0 Å². The zero-order valence-electron chi connectivity index (χ0n) is 14.0. The molecule has 2 heterocycles. The number of hydrogen-bond acceptors (Lipinski definition) is 4. The summed E-state index contributed by atoms with van der Waals surface area (Å²) in [6, 6.07) is 1.06. The van der Waals surface area contributed by atoms with Crippen molar-refractivity contribution in [1.29, 1.82) is 0 Å². The fraction of sp³-hybridized carbons (Fsp3) is 0.400. The number of pyridine rings is 1. The first kappa shape index (κ1) is 21.3. The molecule has 2 aromatic rings. The maximum absolute atomic E-state index is 13.4. The van der Waals surface area contributed by atoms with Crippen LogP contribution in [0.3, 0.4) is 0 Å². The Kier molecular flexibility index (Phi) is 6.93. The highest BCUT2D eigenvalue weighted by molar-refractivity contribution is 7.99. The summed E-state index contributed by atoms with van der Waals surface area (Å²) in [6.45, 7) is 1.88. The van der Waals surface area contributed by atoms with Gasteiger partial charge < -0.3 is 10.1 Å². The van der Waals surface area contributed by atoms with Gasteiger partial charge in [0.05, 0.1) is 11.9 Å². The number of halogens is 5. The molecule has 0 saturated heterocycles. The largest absolute Gasteiger partial charge is 0.619 e. The Morgan fingerprint density at radius 2 is 2.15 bits per heavy atom. The predicted octanol–water partition coefficient (Wildman–Crippen LogP) is 3.34. The van der Waals surface area contributed by atoms with E-state index in [1.807, 2.05) is 0 Å². The number of carbonyl (C=O) groups is 1. The van der Waals surface area contributed by atoms with Gasteiger partial charge in [-0.3, -0.25) is 4.79 Å². The number of amides is 1. The Morgan fingerprint density at radius 3 is 2.74 bits per heavy atom. The van der Waals surface area contributed by atoms with Gasteiger partial charge in [0.15, 0.2) is 11.0 Å². The number of aromatic nitrogens is 3. The van der Waals surface area contributed by atoms with Crippen molar-refractivity contribution in [3.05, 3.63) is 40.8 Å². The molecule has 0 aliphatic rings. The molecule has 27 heavy (non-hydrogen) atoms. The van der Waals surface area contributed by atoms with Gasteiger partial charge in [-0.1, -0.05) is 11.6 Å². The van der Waals surface area contributed by atoms with Crippen LogP contribution in [-0.4, -0.2) is 39.9 Å². The van der Waals surface area contributed by atoms with Gasteiger partial charge in [-0.05, 0) is 6.92 Å². The molecule has 0 aromatic carbocycles. The average molecular weight is 427 g/mol. The fourth-order valence-corrected chi connectivity index (χ4v) is 3.18. The number of carbonyl (C=O) groups excluding carboxylic acids is 1. The Labute approximate surface area is 161 Å². The van der Waals surface area contributed by atoms with Crippen molar-refractivity contribution in [3.8, 4) is 5.69 Å². The number of nitrogens with zero attached hydrogens (tertiary/aromatic N) is 4. The molecule has 0 unspecified atom stereocenters. The van der Waals surface area contributed by atoms with E-state index in [1.54, 1.807) is 6.92 Å². The number of thioether (sulfide) groups is 1. The van der Waals surface area contributed by atoms with Crippen molar-refractivity contribution >= 4 is 35.0 Å². The molecule has 0 bridgehead atoms. The Morgan fingerprint density at radius 1 is 1.44 bits per heavy atom. The number of alkyl halides is 3. The van der Waals surface area contributed by atoms with Crippen LogP contribution in [0.2, 0.25) is 5.15 Å². The van der Waals surface area contributed by atoms with Crippen LogP contribution in [0.25, 0.3) is 5.69 Å². The van der Waals surface area contributed by atoms with Gasteiger partial charge in [0.25, 0.3) is 0 Å². The van der Waals surface area contributed by atoms with E-state index in [9.17, 15) is 27.6 Å². The van der Waals surface area contributed by atoms with Crippen LogP contribution < -0.4 is 9.63 Å². The SMILES string of the molecule is CCN(C(=O)CCSCC(F)(F)F)c1cn(-c2cc(F)c[n+]([O-])c2)nc1Cl. The maximum atomic E-state index is 13.4. The van der Waals surface area contributed by atoms with Crippen LogP contribution in [0.4, 0.5) is 23.2 Å². The third-order valence-corrected chi connectivity index (χ3v) is 4.64. The molecule has 0 N–H and O–H groups in total. The lowest BCUT2D eigenvalue weighted by Crippen LogP contribution is -2.31. The molecule has 2 rings (SSSR count). The van der Waals surface area contributed by atoms with Crippen LogP contribution in [0.15, 0.2) is 24.7 Å². The average Bonchev–Trinajstić information content (AvgIpc) is 2.92. The number of anilines is 1. The summed E-state index contributed by atoms with van der Waals surface area (Å²) in [6.07, 6.45) is -1.25. The monoisotopic (exact) mass is 426 g/mol. The van der Waals surface area contributed by atoms with Gasteiger partial charge in [0.2, 0.25) is 18.3 Å². The second kappa shape index (κ2) is 8.79. The molecule has 2 aromatic heterocycles. The summed E-state index contributed by atoms with van der Waals surface area (Å²) in [5.41, 5.74) is 0.314. The van der Waals surface area contributed by atoms with Crippen LogP contribution in [-0.2, 0) is 4.79 Å². The molecule has 0 radical (unpaired) electrons. The number of rotatable bonds is 7. The molecule has 12 heteroatoms. The summed E-state index contributed by atoms with van der Waals surface area (Å²) in [5, 5.41) is 15.2. The maximum Gasteiger partial charge on any atom is 0.397 e. The molecule has 0 aliphatic heterocycles. The highest BCUT2D eigenvalue weighted by atomic mass is 35.5. The van der Waals surface area contributed by atoms with Crippen LogP contribution in [0.5, 0.6) is 0 Å². The minimum absolute atomic E-state index is 0.000672. The summed E-state index contributed by atoms with van der Waals surface area (Å²) in [5.74, 6) is -2.23. The quantitative estimate of drug-likeness (QED) is 0.295. The lowest BCUT2D eigenvalue weighted by Gasteiger charge is -2.19. The minimum Gasteiger partial charge on any atom is -0.619 e. The Bertz CT molecular complexity index is 795. The molecule has 148 valence electrons. The van der Waals surface area contributed by atoms with Gasteiger partial charge in [0, 0.05) is 24.8 Å². The minimum atomic E-state index is -4.29. The second-order valence-corrected chi connectivity index (χ2v) is 6.84. The van der Waals surface area contributed by atoms with Crippen molar-refractivity contribution in [2.75, 3.05) is 23.0 Å². The molecule has 0 fully saturated rings. The molecule has 0 spiro atoms. The summed E-state index contributed by atoms with van der Waals surface area (Å²) in [7, 11) is 0. The van der Waals surface area contributed by atoms with Crippen LogP contribution in [0, 0.1) is 11.0 Å². The first-order valence-corrected chi connectivity index (χ1v) is 9.23. The van der Waals surface area contributed by atoms with Gasteiger partial charge in [-0.25, -0.2) is 9.07 Å². The van der Waals surface area contributed by atoms with E-state index in [1.165, 1.54) is 11.1 Å². The predicted molar refractivity (Wildman–Crippen MR) is 93.5 cm³/mol. The first-order valence-electron chi connectivity index (χ1n) is 7.70.